The predicted octanol–water partition coefficient (Wildman–Crippen LogP) is 3.43. The summed E-state index contributed by atoms with van der Waals surface area (Å²) in [7, 11) is 0. The molecule has 9 nitrogen and oxygen atoms in total. The molecule has 2 aromatic carbocycles. The van der Waals surface area contributed by atoms with Crippen molar-refractivity contribution in [2.75, 3.05) is 18.7 Å². The highest BCUT2D eigenvalue weighted by molar-refractivity contribution is 8.00. The minimum Gasteiger partial charge on any atom is -0.485 e. The number of hydrogen-bond donors (Lipinski definition) is 1. The van der Waals surface area contributed by atoms with E-state index in [2.05, 4.69) is 15.5 Å². The molecule has 0 saturated carbocycles. The molecule has 0 saturated heterocycles. The van der Waals surface area contributed by atoms with Gasteiger partial charge in [0.2, 0.25) is 18.8 Å². The SMILES string of the molecule is CC(Sc1nnc(C2COc3ccccc3O2)o1)C(=O)Nc1ccc2c(c1)OCO2. The molecule has 5 rings (SSSR count). The third-order valence-corrected chi connectivity index (χ3v) is 5.43. The molecule has 0 spiro atoms. The van der Waals surface area contributed by atoms with E-state index in [1.165, 1.54) is 0 Å². The Hall–Kier alpha value is -3.40. The number of rotatable bonds is 5. The van der Waals surface area contributed by atoms with Crippen LogP contribution in [0.5, 0.6) is 23.0 Å². The van der Waals surface area contributed by atoms with Crippen molar-refractivity contribution in [3.05, 3.63) is 48.4 Å². The standard InChI is InChI=1S/C20H17N3O6S/c1-11(18(24)21-12-6-7-14-16(8-12)27-10-26-14)30-20-23-22-19(29-20)17-9-25-13-4-2-3-5-15(13)28-17/h2-8,11,17H,9-10H2,1H3,(H,21,24). The molecule has 0 bridgehead atoms. The number of anilines is 1. The van der Waals surface area contributed by atoms with Gasteiger partial charge in [-0.2, -0.15) is 0 Å². The number of fused-ring (bicyclic) bond motifs is 2. The largest absolute Gasteiger partial charge is 0.485 e. The van der Waals surface area contributed by atoms with Crippen molar-refractivity contribution in [2.45, 2.75) is 23.5 Å². The third-order valence-electron chi connectivity index (χ3n) is 4.49. The van der Waals surface area contributed by atoms with Crippen LogP contribution in [0.3, 0.4) is 0 Å². The van der Waals surface area contributed by atoms with Gasteiger partial charge in [0, 0.05) is 11.8 Å². The number of carbonyl (C=O) groups excluding carboxylic acids is 1. The molecule has 10 heteroatoms. The van der Waals surface area contributed by atoms with Crippen molar-refractivity contribution in [1.82, 2.24) is 10.2 Å². The summed E-state index contributed by atoms with van der Waals surface area (Å²) in [6.45, 7) is 2.20. The predicted molar refractivity (Wildman–Crippen MR) is 106 cm³/mol. The van der Waals surface area contributed by atoms with Gasteiger partial charge < -0.3 is 28.7 Å². The van der Waals surface area contributed by atoms with Gasteiger partial charge in [-0.1, -0.05) is 23.9 Å². The topological polar surface area (TPSA) is 105 Å². The Labute approximate surface area is 175 Å². The van der Waals surface area contributed by atoms with Crippen molar-refractivity contribution < 1.29 is 28.2 Å². The van der Waals surface area contributed by atoms with Crippen LogP contribution in [-0.2, 0) is 4.79 Å². The maximum Gasteiger partial charge on any atom is 0.277 e. The van der Waals surface area contributed by atoms with Gasteiger partial charge in [0.25, 0.3) is 11.1 Å². The van der Waals surface area contributed by atoms with E-state index in [1.807, 2.05) is 24.3 Å². The summed E-state index contributed by atoms with van der Waals surface area (Å²) in [5.74, 6) is 2.66. The summed E-state index contributed by atoms with van der Waals surface area (Å²) < 4.78 is 27.8. The number of amides is 1. The lowest BCUT2D eigenvalue weighted by Gasteiger charge is -2.23. The van der Waals surface area contributed by atoms with Crippen LogP contribution in [0.15, 0.2) is 52.1 Å². The minimum atomic E-state index is -0.500. The molecule has 1 amide bonds. The number of nitrogens with zero attached hydrogens (tertiary/aromatic N) is 2. The molecule has 2 atom stereocenters. The Morgan fingerprint density at radius 1 is 1.07 bits per heavy atom. The number of nitrogens with one attached hydrogen (secondary N) is 1. The van der Waals surface area contributed by atoms with E-state index >= 15 is 0 Å². The van der Waals surface area contributed by atoms with Gasteiger partial charge in [0.1, 0.15) is 6.61 Å². The monoisotopic (exact) mass is 427 g/mol. The highest BCUT2D eigenvalue weighted by Gasteiger charge is 2.28. The smallest absolute Gasteiger partial charge is 0.277 e. The first-order chi connectivity index (χ1) is 14.7. The molecule has 3 heterocycles. The number of ether oxygens (including phenoxy) is 4. The summed E-state index contributed by atoms with van der Waals surface area (Å²) in [6.07, 6.45) is -0.500. The molecule has 0 aliphatic carbocycles. The molecule has 0 fully saturated rings. The van der Waals surface area contributed by atoms with Crippen LogP contribution in [0.4, 0.5) is 5.69 Å². The number of thioether (sulfide) groups is 1. The van der Waals surface area contributed by atoms with E-state index in [4.69, 9.17) is 23.4 Å². The van der Waals surface area contributed by atoms with Crippen LogP contribution in [-0.4, -0.2) is 34.8 Å². The molecule has 2 unspecified atom stereocenters. The highest BCUT2D eigenvalue weighted by atomic mass is 32.2. The molecule has 1 aromatic heterocycles. The fourth-order valence-corrected chi connectivity index (χ4v) is 3.65. The number of carbonyl (C=O) groups is 1. The Kier molecular flexibility index (Phi) is 4.83. The average Bonchev–Trinajstić information content (AvgIpc) is 3.42. The Balaban J connectivity index is 1.20. The number of para-hydroxylation sites is 2. The Morgan fingerprint density at radius 2 is 1.87 bits per heavy atom. The molecule has 1 N–H and O–H groups in total. The third kappa shape index (κ3) is 3.73. The first kappa shape index (κ1) is 18.6. The van der Waals surface area contributed by atoms with Crippen molar-refractivity contribution >= 4 is 23.4 Å². The number of benzene rings is 2. The summed E-state index contributed by atoms with van der Waals surface area (Å²) in [5, 5.41) is 10.7. The second kappa shape index (κ2) is 7.79. The fraction of sp³-hybridized carbons (Fsp3) is 0.250. The number of aromatic nitrogens is 2. The van der Waals surface area contributed by atoms with E-state index in [-0.39, 0.29) is 24.5 Å². The second-order valence-corrected chi connectivity index (χ2v) is 7.88. The molecular weight excluding hydrogens is 410 g/mol. The minimum absolute atomic E-state index is 0.180. The molecule has 2 aliphatic heterocycles. The van der Waals surface area contributed by atoms with Crippen LogP contribution in [0.2, 0.25) is 0 Å². The van der Waals surface area contributed by atoms with Crippen molar-refractivity contribution in [3.63, 3.8) is 0 Å². The molecular formula is C20H17N3O6S. The lowest BCUT2D eigenvalue weighted by atomic mass is 10.2. The van der Waals surface area contributed by atoms with Gasteiger partial charge in [-0.3, -0.25) is 4.79 Å². The Bertz CT molecular complexity index is 1090. The van der Waals surface area contributed by atoms with E-state index in [0.717, 1.165) is 11.8 Å². The van der Waals surface area contributed by atoms with E-state index in [0.29, 0.717) is 34.6 Å². The summed E-state index contributed by atoms with van der Waals surface area (Å²) >= 11 is 1.16. The quantitative estimate of drug-likeness (QED) is 0.613. The van der Waals surface area contributed by atoms with Crippen molar-refractivity contribution in [3.8, 4) is 23.0 Å². The molecule has 154 valence electrons. The molecule has 30 heavy (non-hydrogen) atoms. The van der Waals surface area contributed by atoms with Gasteiger partial charge in [-0.25, -0.2) is 0 Å². The first-order valence-electron chi connectivity index (χ1n) is 9.25. The highest BCUT2D eigenvalue weighted by Crippen LogP contribution is 2.37. The normalized spacial score (nSPS) is 17.4. The molecule has 3 aromatic rings. The summed E-state index contributed by atoms with van der Waals surface area (Å²) in [6, 6.07) is 12.6. The molecule has 2 aliphatic rings. The first-order valence-corrected chi connectivity index (χ1v) is 10.1. The van der Waals surface area contributed by atoms with Gasteiger partial charge in [0.15, 0.2) is 23.0 Å². The van der Waals surface area contributed by atoms with E-state index < -0.39 is 11.4 Å². The van der Waals surface area contributed by atoms with Crippen LogP contribution in [0.1, 0.15) is 18.9 Å². The van der Waals surface area contributed by atoms with Gasteiger partial charge in [-0.05, 0) is 31.2 Å². The van der Waals surface area contributed by atoms with Crippen LogP contribution in [0, 0.1) is 0 Å². The van der Waals surface area contributed by atoms with Crippen LogP contribution >= 0.6 is 11.8 Å². The van der Waals surface area contributed by atoms with Crippen LogP contribution < -0.4 is 24.3 Å². The van der Waals surface area contributed by atoms with Crippen LogP contribution in [0.25, 0.3) is 0 Å². The lowest BCUT2D eigenvalue weighted by molar-refractivity contribution is -0.115. The average molecular weight is 427 g/mol. The second-order valence-electron chi connectivity index (χ2n) is 6.59. The van der Waals surface area contributed by atoms with E-state index in [1.54, 1.807) is 25.1 Å². The lowest BCUT2D eigenvalue weighted by Crippen LogP contribution is -2.22. The number of hydrogen-bond acceptors (Lipinski definition) is 9. The zero-order chi connectivity index (χ0) is 20.5. The van der Waals surface area contributed by atoms with Gasteiger partial charge in [-0.15, -0.1) is 10.2 Å². The molecule has 0 radical (unpaired) electrons. The van der Waals surface area contributed by atoms with Gasteiger partial charge in [0.05, 0.1) is 5.25 Å². The van der Waals surface area contributed by atoms with Gasteiger partial charge >= 0.3 is 0 Å². The maximum absolute atomic E-state index is 12.5. The van der Waals surface area contributed by atoms with Crippen molar-refractivity contribution in [2.24, 2.45) is 0 Å². The summed E-state index contributed by atoms with van der Waals surface area (Å²) in [5.41, 5.74) is 0.620. The zero-order valence-corrected chi connectivity index (χ0v) is 16.7. The van der Waals surface area contributed by atoms with E-state index in [9.17, 15) is 4.79 Å². The fourth-order valence-electron chi connectivity index (χ4n) is 2.96. The summed E-state index contributed by atoms with van der Waals surface area (Å²) in [4.78, 5) is 12.5. The van der Waals surface area contributed by atoms with Crippen molar-refractivity contribution in [1.29, 1.82) is 0 Å². The zero-order valence-electron chi connectivity index (χ0n) is 15.9. The maximum atomic E-state index is 12.5. The Morgan fingerprint density at radius 3 is 2.77 bits per heavy atom.